The average molecular weight is 418 g/mol. The maximum atomic E-state index is 11.0. The zero-order valence-corrected chi connectivity index (χ0v) is 16.9. The second-order valence-electron chi connectivity index (χ2n) is 6.88. The fraction of sp³-hybridized carbons (Fsp3) is 0.0800. The highest BCUT2D eigenvalue weighted by atomic mass is 35.5. The fourth-order valence-electron chi connectivity index (χ4n) is 3.33. The lowest BCUT2D eigenvalue weighted by molar-refractivity contribution is 0.0697. The molecule has 150 valence electrons. The lowest BCUT2D eigenvalue weighted by Gasteiger charge is -2.16. The van der Waals surface area contributed by atoms with Crippen LogP contribution in [0.5, 0.6) is 5.75 Å². The normalized spacial score (nSPS) is 10.7. The summed E-state index contributed by atoms with van der Waals surface area (Å²) >= 11 is 6.27. The predicted octanol–water partition coefficient (Wildman–Crippen LogP) is 6.38. The van der Waals surface area contributed by atoms with Crippen LogP contribution in [0.25, 0.3) is 10.8 Å². The maximum absolute atomic E-state index is 11.0. The molecule has 0 aliphatic carbocycles. The van der Waals surface area contributed by atoms with Gasteiger partial charge >= 0.3 is 5.97 Å². The zero-order valence-electron chi connectivity index (χ0n) is 16.1. The highest BCUT2D eigenvalue weighted by molar-refractivity contribution is 6.31. The molecular weight excluding hydrogens is 398 g/mol. The van der Waals surface area contributed by atoms with Crippen LogP contribution < -0.4 is 10.1 Å². The maximum Gasteiger partial charge on any atom is 0.335 e. The van der Waals surface area contributed by atoms with Crippen molar-refractivity contribution in [2.24, 2.45) is 0 Å². The Morgan fingerprint density at radius 1 is 0.900 bits per heavy atom. The first kappa shape index (κ1) is 19.8. The van der Waals surface area contributed by atoms with Gasteiger partial charge in [0.1, 0.15) is 12.4 Å². The van der Waals surface area contributed by atoms with Gasteiger partial charge in [-0.05, 0) is 47.2 Å². The number of hydrogen-bond acceptors (Lipinski definition) is 3. The second-order valence-corrected chi connectivity index (χ2v) is 7.29. The molecule has 0 aromatic heterocycles. The molecule has 0 fully saturated rings. The van der Waals surface area contributed by atoms with Crippen molar-refractivity contribution >= 4 is 34.0 Å². The van der Waals surface area contributed by atoms with Crippen LogP contribution in [0.2, 0.25) is 5.02 Å². The van der Waals surface area contributed by atoms with Crippen molar-refractivity contribution < 1.29 is 14.6 Å². The van der Waals surface area contributed by atoms with Crippen molar-refractivity contribution in [3.63, 3.8) is 0 Å². The number of carbonyl (C=O) groups is 1. The summed E-state index contributed by atoms with van der Waals surface area (Å²) in [5, 5.41) is 15.3. The first-order chi connectivity index (χ1) is 14.6. The van der Waals surface area contributed by atoms with E-state index in [1.807, 2.05) is 48.5 Å². The minimum atomic E-state index is -0.939. The van der Waals surface area contributed by atoms with Gasteiger partial charge < -0.3 is 15.2 Å². The molecule has 4 nitrogen and oxygen atoms in total. The van der Waals surface area contributed by atoms with E-state index in [0.29, 0.717) is 18.2 Å². The Bertz CT molecular complexity index is 1190. The third-order valence-electron chi connectivity index (χ3n) is 4.94. The lowest BCUT2D eigenvalue weighted by Crippen LogP contribution is -2.05. The number of carboxylic acid groups (broad SMARTS) is 1. The standard InChI is InChI=1S/C25H20ClNO3/c26-23-8-4-2-6-19(23)16-30-24-14-11-17-5-1-3-7-21(17)22(24)15-27-20-12-9-18(10-13-20)25(28)29/h1-14,27H,15-16H2,(H,28,29). The molecule has 0 heterocycles. The first-order valence-corrected chi connectivity index (χ1v) is 9.93. The molecule has 0 unspecified atom stereocenters. The second kappa shape index (κ2) is 8.89. The van der Waals surface area contributed by atoms with E-state index in [1.54, 1.807) is 24.3 Å². The van der Waals surface area contributed by atoms with Gasteiger partial charge in [0.15, 0.2) is 0 Å². The predicted molar refractivity (Wildman–Crippen MR) is 120 cm³/mol. The number of anilines is 1. The highest BCUT2D eigenvalue weighted by Gasteiger charge is 2.11. The van der Waals surface area contributed by atoms with Crippen molar-refractivity contribution in [3.05, 3.63) is 107 Å². The number of benzene rings is 4. The number of carboxylic acids is 1. The molecule has 0 aliphatic rings. The van der Waals surface area contributed by atoms with Gasteiger partial charge in [0.05, 0.1) is 5.56 Å². The van der Waals surface area contributed by atoms with E-state index >= 15 is 0 Å². The van der Waals surface area contributed by atoms with E-state index in [9.17, 15) is 4.79 Å². The summed E-state index contributed by atoms with van der Waals surface area (Å²) in [6, 6.07) is 26.5. The summed E-state index contributed by atoms with van der Waals surface area (Å²) in [6.07, 6.45) is 0. The van der Waals surface area contributed by atoms with Gasteiger partial charge in [-0.15, -0.1) is 0 Å². The van der Waals surface area contributed by atoms with Crippen LogP contribution in [-0.4, -0.2) is 11.1 Å². The van der Waals surface area contributed by atoms with Gasteiger partial charge in [-0.25, -0.2) is 4.79 Å². The van der Waals surface area contributed by atoms with E-state index in [0.717, 1.165) is 33.3 Å². The molecule has 0 saturated carbocycles. The summed E-state index contributed by atoms with van der Waals surface area (Å²) < 4.78 is 6.15. The van der Waals surface area contributed by atoms with E-state index in [-0.39, 0.29) is 5.56 Å². The smallest absolute Gasteiger partial charge is 0.335 e. The molecule has 0 spiro atoms. The van der Waals surface area contributed by atoms with Gasteiger partial charge in [-0.3, -0.25) is 0 Å². The van der Waals surface area contributed by atoms with E-state index in [4.69, 9.17) is 21.4 Å². The highest BCUT2D eigenvalue weighted by Crippen LogP contribution is 2.30. The number of hydrogen-bond donors (Lipinski definition) is 2. The SMILES string of the molecule is O=C(O)c1ccc(NCc2c(OCc3ccccc3Cl)ccc3ccccc23)cc1. The quantitative estimate of drug-likeness (QED) is 0.366. The summed E-state index contributed by atoms with van der Waals surface area (Å²) in [5.74, 6) is -0.158. The molecule has 5 heteroatoms. The average Bonchev–Trinajstić information content (AvgIpc) is 2.77. The summed E-state index contributed by atoms with van der Waals surface area (Å²) in [4.78, 5) is 11.0. The van der Waals surface area contributed by atoms with Crippen molar-refractivity contribution in [1.29, 1.82) is 0 Å². The van der Waals surface area contributed by atoms with Crippen molar-refractivity contribution in [2.45, 2.75) is 13.2 Å². The Labute approximate surface area is 179 Å². The van der Waals surface area contributed by atoms with Crippen molar-refractivity contribution in [1.82, 2.24) is 0 Å². The molecule has 4 aromatic rings. The molecule has 0 atom stereocenters. The summed E-state index contributed by atoms with van der Waals surface area (Å²) in [5.41, 5.74) is 3.05. The van der Waals surface area contributed by atoms with Crippen LogP contribution in [0.4, 0.5) is 5.69 Å². The number of ether oxygens (including phenoxy) is 1. The van der Waals surface area contributed by atoms with Crippen LogP contribution in [-0.2, 0) is 13.2 Å². The van der Waals surface area contributed by atoms with Gasteiger partial charge in [-0.2, -0.15) is 0 Å². The van der Waals surface area contributed by atoms with E-state index in [1.165, 1.54) is 0 Å². The van der Waals surface area contributed by atoms with Gasteiger partial charge in [0.25, 0.3) is 0 Å². The zero-order chi connectivity index (χ0) is 20.9. The Morgan fingerprint density at radius 2 is 1.63 bits per heavy atom. The molecule has 0 radical (unpaired) electrons. The Kier molecular flexibility index (Phi) is 5.87. The Hall–Kier alpha value is -3.50. The third kappa shape index (κ3) is 4.39. The monoisotopic (exact) mass is 417 g/mol. The molecule has 0 saturated heterocycles. The molecule has 0 amide bonds. The summed E-state index contributed by atoms with van der Waals surface area (Å²) in [6.45, 7) is 0.907. The first-order valence-electron chi connectivity index (χ1n) is 9.56. The molecule has 2 N–H and O–H groups in total. The largest absolute Gasteiger partial charge is 0.488 e. The molecule has 0 bridgehead atoms. The molecule has 4 aromatic carbocycles. The van der Waals surface area contributed by atoms with Gasteiger partial charge in [-0.1, -0.05) is 60.1 Å². The van der Waals surface area contributed by atoms with Crippen LogP contribution in [0.15, 0.2) is 84.9 Å². The number of aromatic carboxylic acids is 1. The van der Waals surface area contributed by atoms with Crippen molar-refractivity contribution in [3.8, 4) is 5.75 Å². The third-order valence-corrected chi connectivity index (χ3v) is 5.31. The van der Waals surface area contributed by atoms with Crippen LogP contribution in [0.3, 0.4) is 0 Å². The number of rotatable bonds is 7. The van der Waals surface area contributed by atoms with Gasteiger partial charge in [0, 0.05) is 28.4 Å². The summed E-state index contributed by atoms with van der Waals surface area (Å²) in [7, 11) is 0. The van der Waals surface area contributed by atoms with E-state index < -0.39 is 5.97 Å². The van der Waals surface area contributed by atoms with Crippen LogP contribution >= 0.6 is 11.6 Å². The molecule has 4 rings (SSSR count). The van der Waals surface area contributed by atoms with Gasteiger partial charge in [0.2, 0.25) is 0 Å². The Morgan fingerprint density at radius 3 is 2.40 bits per heavy atom. The number of halogens is 1. The van der Waals surface area contributed by atoms with Crippen LogP contribution in [0.1, 0.15) is 21.5 Å². The van der Waals surface area contributed by atoms with Crippen LogP contribution in [0, 0.1) is 0 Å². The van der Waals surface area contributed by atoms with Crippen molar-refractivity contribution in [2.75, 3.05) is 5.32 Å². The molecule has 0 aliphatic heterocycles. The van der Waals surface area contributed by atoms with E-state index in [2.05, 4.69) is 17.4 Å². The molecule has 30 heavy (non-hydrogen) atoms. The Balaban J connectivity index is 1.60. The minimum Gasteiger partial charge on any atom is -0.488 e. The molecular formula is C25H20ClNO3. The topological polar surface area (TPSA) is 58.6 Å². The number of nitrogens with one attached hydrogen (secondary N) is 1. The number of fused-ring (bicyclic) bond motifs is 1. The lowest BCUT2D eigenvalue weighted by atomic mass is 10.0. The fourth-order valence-corrected chi connectivity index (χ4v) is 3.52. The minimum absolute atomic E-state index is 0.259.